The summed E-state index contributed by atoms with van der Waals surface area (Å²) in [5, 5.41) is 17.2. The Balaban J connectivity index is 0.000000637. The maximum absolute atomic E-state index is 9.46. The first-order chi connectivity index (χ1) is 9.14. The molecule has 0 spiro atoms. The lowest BCUT2D eigenvalue weighted by Gasteiger charge is -2.50. The molecule has 2 aromatic rings. The Morgan fingerprint density at radius 2 is 2.16 bits per heavy atom. The first-order valence-electron chi connectivity index (χ1n) is 6.70. The zero-order valence-electron chi connectivity index (χ0n) is 11.9. The molecule has 1 aliphatic heterocycles. The van der Waals surface area contributed by atoms with Crippen LogP contribution in [0.4, 0.5) is 5.82 Å². The van der Waals surface area contributed by atoms with E-state index in [-0.39, 0.29) is 12.1 Å². The van der Waals surface area contributed by atoms with Crippen molar-refractivity contribution >= 4 is 16.9 Å². The first kappa shape index (κ1) is 13.7. The van der Waals surface area contributed by atoms with Crippen molar-refractivity contribution in [1.82, 2.24) is 20.2 Å². The molecule has 0 radical (unpaired) electrons. The molecule has 0 aliphatic carbocycles. The van der Waals surface area contributed by atoms with Gasteiger partial charge in [0.15, 0.2) is 5.65 Å². The van der Waals surface area contributed by atoms with Crippen LogP contribution in [0.1, 0.15) is 33.0 Å². The van der Waals surface area contributed by atoms with Crippen molar-refractivity contribution in [2.24, 2.45) is 0 Å². The second kappa shape index (κ2) is 5.13. The number of aromatic amines is 1. The van der Waals surface area contributed by atoms with Crippen LogP contribution in [0.2, 0.25) is 0 Å². The van der Waals surface area contributed by atoms with Gasteiger partial charge in [0.2, 0.25) is 0 Å². The van der Waals surface area contributed by atoms with Gasteiger partial charge in [-0.25, -0.2) is 9.97 Å². The van der Waals surface area contributed by atoms with Gasteiger partial charge < -0.3 is 10.0 Å². The van der Waals surface area contributed by atoms with E-state index in [2.05, 4.69) is 25.1 Å². The molecule has 0 amide bonds. The van der Waals surface area contributed by atoms with Crippen LogP contribution < -0.4 is 4.90 Å². The van der Waals surface area contributed by atoms with E-state index in [1.54, 1.807) is 6.20 Å². The number of aliphatic hydroxyl groups excluding tert-OH is 1. The summed E-state index contributed by atoms with van der Waals surface area (Å²) in [4.78, 5) is 10.9. The molecule has 6 heteroatoms. The number of rotatable bonds is 2. The summed E-state index contributed by atoms with van der Waals surface area (Å²) in [6.07, 6.45) is 2.71. The van der Waals surface area contributed by atoms with Crippen molar-refractivity contribution in [2.75, 3.05) is 18.1 Å². The van der Waals surface area contributed by atoms with Crippen LogP contribution in [-0.2, 0) is 0 Å². The van der Waals surface area contributed by atoms with E-state index in [0.29, 0.717) is 5.82 Å². The molecule has 2 aromatic heterocycles. The number of aliphatic hydroxyl groups is 1. The molecule has 0 unspecified atom stereocenters. The summed E-state index contributed by atoms with van der Waals surface area (Å²) in [5.41, 5.74) is 0.546. The Kier molecular flexibility index (Phi) is 3.71. The maximum atomic E-state index is 9.46. The van der Waals surface area contributed by atoms with Crippen LogP contribution in [-0.4, -0.2) is 44.0 Å². The predicted molar refractivity (Wildman–Crippen MR) is 75.2 cm³/mol. The van der Waals surface area contributed by atoms with E-state index < -0.39 is 0 Å². The van der Waals surface area contributed by atoms with Crippen molar-refractivity contribution < 1.29 is 5.11 Å². The minimum Gasteiger partial charge on any atom is -0.394 e. The highest BCUT2D eigenvalue weighted by Crippen LogP contribution is 2.36. The molecular formula is C13H21N5O. The van der Waals surface area contributed by atoms with Gasteiger partial charge >= 0.3 is 0 Å². The van der Waals surface area contributed by atoms with Gasteiger partial charge in [-0.15, -0.1) is 0 Å². The van der Waals surface area contributed by atoms with E-state index in [0.717, 1.165) is 29.8 Å². The first-order valence-corrected chi connectivity index (χ1v) is 6.70. The second-order valence-corrected chi connectivity index (χ2v) is 4.78. The summed E-state index contributed by atoms with van der Waals surface area (Å²) >= 11 is 0. The zero-order chi connectivity index (χ0) is 14.0. The van der Waals surface area contributed by atoms with Crippen LogP contribution >= 0.6 is 0 Å². The number of hydrogen-bond donors (Lipinski definition) is 2. The van der Waals surface area contributed by atoms with Crippen molar-refractivity contribution in [3.05, 3.63) is 12.0 Å². The summed E-state index contributed by atoms with van der Waals surface area (Å²) in [6, 6.07) is 0. The fourth-order valence-electron chi connectivity index (χ4n) is 2.27. The highest BCUT2D eigenvalue weighted by molar-refractivity contribution is 5.87. The van der Waals surface area contributed by atoms with Crippen LogP contribution in [0, 0.1) is 6.92 Å². The SMILES string of the molecule is CC.Cc1nc(N2CC[C@@]2(C)CO)c2cn[nH]c2n1. The molecule has 1 saturated heterocycles. The van der Waals surface area contributed by atoms with E-state index in [1.807, 2.05) is 27.7 Å². The van der Waals surface area contributed by atoms with Gasteiger partial charge in [0, 0.05) is 6.54 Å². The zero-order valence-corrected chi connectivity index (χ0v) is 11.9. The number of hydrogen-bond acceptors (Lipinski definition) is 5. The lowest BCUT2D eigenvalue weighted by Crippen LogP contribution is -2.61. The molecule has 1 fully saturated rings. The Hall–Kier alpha value is -1.69. The number of aryl methyl sites for hydroxylation is 1. The molecule has 104 valence electrons. The lowest BCUT2D eigenvalue weighted by atomic mass is 9.87. The van der Waals surface area contributed by atoms with Crippen molar-refractivity contribution in [2.45, 2.75) is 39.7 Å². The van der Waals surface area contributed by atoms with Crippen molar-refractivity contribution in [3.63, 3.8) is 0 Å². The maximum Gasteiger partial charge on any atom is 0.161 e. The predicted octanol–water partition coefficient (Wildman–Crippen LogP) is 1.65. The number of anilines is 1. The van der Waals surface area contributed by atoms with Gasteiger partial charge in [-0.1, -0.05) is 13.8 Å². The quantitative estimate of drug-likeness (QED) is 0.861. The minimum atomic E-state index is -0.203. The van der Waals surface area contributed by atoms with Crippen molar-refractivity contribution in [1.29, 1.82) is 0 Å². The van der Waals surface area contributed by atoms with Gasteiger partial charge in [-0.05, 0) is 20.3 Å². The fraction of sp³-hybridized carbons (Fsp3) is 0.615. The third kappa shape index (κ3) is 2.16. The minimum absolute atomic E-state index is 0.134. The molecule has 1 atom stereocenters. The summed E-state index contributed by atoms with van der Waals surface area (Å²) < 4.78 is 0. The number of nitrogens with zero attached hydrogens (tertiary/aromatic N) is 4. The van der Waals surface area contributed by atoms with Crippen LogP contribution in [0.5, 0.6) is 0 Å². The standard InChI is InChI=1S/C11H15N5O.C2H6/c1-7-13-9-8(5-12-15-9)10(14-7)16-4-3-11(16,2)6-17;1-2/h5,17H,3-4,6H2,1-2H3,(H,12,13,14,15);1-2H3/t11-;/m0./s1. The van der Waals surface area contributed by atoms with Gasteiger partial charge in [0.1, 0.15) is 11.6 Å². The number of nitrogens with one attached hydrogen (secondary N) is 1. The Bertz CT molecular complexity index is 563. The summed E-state index contributed by atoms with van der Waals surface area (Å²) in [7, 11) is 0. The molecule has 3 heterocycles. The van der Waals surface area contributed by atoms with E-state index in [1.165, 1.54) is 0 Å². The van der Waals surface area contributed by atoms with Crippen LogP contribution in [0.3, 0.4) is 0 Å². The molecule has 6 nitrogen and oxygen atoms in total. The molecule has 3 rings (SSSR count). The third-order valence-electron chi connectivity index (χ3n) is 3.52. The molecule has 0 aromatic carbocycles. The normalized spacial score (nSPS) is 21.8. The van der Waals surface area contributed by atoms with Gasteiger partial charge in [-0.3, -0.25) is 5.10 Å². The Morgan fingerprint density at radius 1 is 1.42 bits per heavy atom. The molecule has 2 N–H and O–H groups in total. The average Bonchev–Trinajstić information content (AvgIpc) is 2.87. The lowest BCUT2D eigenvalue weighted by molar-refractivity contribution is 0.152. The molecule has 19 heavy (non-hydrogen) atoms. The van der Waals surface area contributed by atoms with E-state index >= 15 is 0 Å². The molecule has 0 saturated carbocycles. The highest BCUT2D eigenvalue weighted by Gasteiger charge is 2.41. The topological polar surface area (TPSA) is 77.9 Å². The molecule has 1 aliphatic rings. The van der Waals surface area contributed by atoms with Gasteiger partial charge in [0.05, 0.1) is 23.7 Å². The van der Waals surface area contributed by atoms with Gasteiger partial charge in [0.25, 0.3) is 0 Å². The highest BCUT2D eigenvalue weighted by atomic mass is 16.3. The van der Waals surface area contributed by atoms with Crippen LogP contribution in [0.25, 0.3) is 11.0 Å². The Morgan fingerprint density at radius 3 is 2.74 bits per heavy atom. The summed E-state index contributed by atoms with van der Waals surface area (Å²) in [5.74, 6) is 1.58. The van der Waals surface area contributed by atoms with Crippen molar-refractivity contribution in [3.8, 4) is 0 Å². The average molecular weight is 263 g/mol. The largest absolute Gasteiger partial charge is 0.394 e. The summed E-state index contributed by atoms with van der Waals surface area (Å²) in [6.45, 7) is 8.95. The van der Waals surface area contributed by atoms with E-state index in [4.69, 9.17) is 0 Å². The second-order valence-electron chi connectivity index (χ2n) is 4.78. The van der Waals surface area contributed by atoms with E-state index in [9.17, 15) is 5.11 Å². The molecular weight excluding hydrogens is 242 g/mol. The number of aromatic nitrogens is 4. The third-order valence-corrected chi connectivity index (χ3v) is 3.52. The Labute approximate surface area is 112 Å². The monoisotopic (exact) mass is 263 g/mol. The number of H-pyrrole nitrogens is 1. The van der Waals surface area contributed by atoms with Crippen LogP contribution in [0.15, 0.2) is 6.20 Å². The molecule has 0 bridgehead atoms. The van der Waals surface area contributed by atoms with Gasteiger partial charge in [-0.2, -0.15) is 5.10 Å². The smallest absolute Gasteiger partial charge is 0.161 e. The fourth-order valence-corrected chi connectivity index (χ4v) is 2.27. The number of fused-ring (bicyclic) bond motifs is 1.